The number of hydrogen-bond donors (Lipinski definition) is 0. The number of ether oxygens (including phenoxy) is 4. The number of ketones is 4. The van der Waals surface area contributed by atoms with Crippen LogP contribution in [0.4, 0.5) is 0 Å². The summed E-state index contributed by atoms with van der Waals surface area (Å²) < 4.78 is 24.1. The van der Waals surface area contributed by atoms with Crippen LogP contribution in [0.5, 0.6) is 46.0 Å². The number of carbonyl (C=O) groups is 4. The molecule has 11 aromatic carbocycles. The second-order valence-corrected chi connectivity index (χ2v) is 22.8. The van der Waals surface area contributed by atoms with Crippen LogP contribution < -0.4 is 18.9 Å². The van der Waals surface area contributed by atoms with Crippen LogP contribution in [0.1, 0.15) is 179 Å². The Morgan fingerprint density at radius 1 is 0.257 bits per heavy atom. The van der Waals surface area contributed by atoms with E-state index >= 15 is 0 Å². The summed E-state index contributed by atoms with van der Waals surface area (Å²) in [5.74, 6) is 5.13. The van der Waals surface area contributed by atoms with Gasteiger partial charge in [0.25, 0.3) is 0 Å². The van der Waals surface area contributed by atoms with Crippen LogP contribution in [0.3, 0.4) is 0 Å². The largest absolute Gasteiger partial charge is 0.457 e. The Hall–Kier alpha value is -8.49. The Labute approximate surface area is 656 Å². The number of rotatable bonds is 18. The molecule has 524 valence electrons. The van der Waals surface area contributed by atoms with E-state index in [0.29, 0.717) is 79.0 Å². The summed E-state index contributed by atoms with van der Waals surface area (Å²) in [6, 6.07) is 82.3. The standard InChI is InChI=1S/C43H36O4.C34H26O4.2C3H8.2C2H6.4CH3.2Y/c1-29-5-9-31(10-6-29)41(44)33-13-21-37(22-14-33)46-39-25-17-35(18-26-39)43(3,4)36-19-27-40(28-20-36)47-38-23-15-34(16-24-38)42(45)32-11-7-30(2)8-12-32;1-23-6-10-25(11-7-23)33(35)27-14-18-29(19-15-27)37-31-4-3-5-32(22-31)38-30-20-16-28(17-21-30)34(36)26-12-8-24(2)9-13-26;2*1-3-2;2*1-2;;;;;;/h5-28H,1-4H3;3-22H,1-2H3;2*3H2,1-2H3;2*1-2H3;4*1H3;;/q;;;;;;4*-1;;. The Balaban J connectivity index is 0.00000169. The number of hydrogen-bond acceptors (Lipinski definition) is 8. The molecule has 0 atom stereocenters. The van der Waals surface area contributed by atoms with Crippen molar-refractivity contribution < 1.29 is 104 Å². The van der Waals surface area contributed by atoms with Gasteiger partial charge < -0.3 is 48.7 Å². The molecule has 0 saturated carbocycles. The van der Waals surface area contributed by atoms with Crippen molar-refractivity contribution in [2.75, 3.05) is 0 Å². The van der Waals surface area contributed by atoms with Gasteiger partial charge in [0.1, 0.15) is 46.0 Å². The Bertz CT molecular complexity index is 3880. The zero-order valence-corrected chi connectivity index (χ0v) is 68.4. The first kappa shape index (κ1) is 92.5. The van der Waals surface area contributed by atoms with Crippen LogP contribution in [-0.2, 0) is 70.8 Å². The van der Waals surface area contributed by atoms with E-state index in [4.69, 9.17) is 18.9 Å². The minimum Gasteiger partial charge on any atom is -0.457 e. The molecule has 0 fully saturated rings. The molecule has 10 heteroatoms. The summed E-state index contributed by atoms with van der Waals surface area (Å²) in [5, 5.41) is 0. The van der Waals surface area contributed by atoms with Gasteiger partial charge in [-0.15, -0.1) is 0 Å². The van der Waals surface area contributed by atoms with Crippen molar-refractivity contribution in [2.24, 2.45) is 0 Å². The molecular weight excluding hydrogens is 1400 g/mol. The van der Waals surface area contributed by atoms with Crippen molar-refractivity contribution in [1.29, 1.82) is 0 Å². The molecule has 0 saturated heterocycles. The molecule has 8 nitrogen and oxygen atoms in total. The van der Waals surface area contributed by atoms with Gasteiger partial charge in [-0.2, -0.15) is 0 Å². The van der Waals surface area contributed by atoms with Gasteiger partial charge in [0.2, 0.25) is 0 Å². The average Bonchev–Trinajstić information content (AvgIpc) is 0.678. The second kappa shape index (κ2) is 47.6. The fourth-order valence-electron chi connectivity index (χ4n) is 9.38. The van der Waals surface area contributed by atoms with Crippen LogP contribution in [0.25, 0.3) is 0 Å². The van der Waals surface area contributed by atoms with Crippen molar-refractivity contribution in [3.8, 4) is 46.0 Å². The number of aryl methyl sites for hydroxylation is 4. The predicted octanol–water partition coefficient (Wildman–Crippen LogP) is 25.7. The molecule has 0 aliphatic rings. The normalized spacial score (nSPS) is 9.64. The number of benzene rings is 11. The van der Waals surface area contributed by atoms with Gasteiger partial charge in [-0.05, 0) is 172 Å². The van der Waals surface area contributed by atoms with Gasteiger partial charge in [0.05, 0.1) is 0 Å². The van der Waals surface area contributed by atoms with Gasteiger partial charge in [-0.1, -0.05) is 232 Å². The summed E-state index contributed by atoms with van der Waals surface area (Å²) in [6.45, 7) is 28.9. The Morgan fingerprint density at radius 2 is 0.406 bits per heavy atom. The van der Waals surface area contributed by atoms with Gasteiger partial charge in [-0.3, -0.25) is 19.2 Å². The van der Waals surface area contributed by atoms with E-state index < -0.39 is 0 Å². The smallest absolute Gasteiger partial charge is 0.193 e. The zero-order valence-electron chi connectivity index (χ0n) is 62.7. The molecule has 11 rings (SSSR count). The van der Waals surface area contributed by atoms with E-state index in [0.717, 1.165) is 44.9 Å². The second-order valence-electron chi connectivity index (χ2n) is 22.8. The molecular formula is C91H102O8Y2-4. The third-order valence-electron chi connectivity index (χ3n) is 14.6. The topological polar surface area (TPSA) is 105 Å². The van der Waals surface area contributed by atoms with E-state index in [9.17, 15) is 19.2 Å². The van der Waals surface area contributed by atoms with Crippen molar-refractivity contribution >= 4 is 23.1 Å². The molecule has 0 unspecified atom stereocenters. The molecule has 0 heterocycles. The fraction of sp³-hybridized carbons (Fsp3) is 0.187. The third-order valence-corrected chi connectivity index (χ3v) is 14.6. The van der Waals surface area contributed by atoms with Crippen molar-refractivity contribution in [1.82, 2.24) is 0 Å². The van der Waals surface area contributed by atoms with Gasteiger partial charge in [-0.25, -0.2) is 0 Å². The van der Waals surface area contributed by atoms with E-state index in [-0.39, 0.29) is 124 Å². The maximum absolute atomic E-state index is 12.8. The van der Waals surface area contributed by atoms with Gasteiger partial charge in [0.15, 0.2) is 23.1 Å². The van der Waals surface area contributed by atoms with E-state index in [1.165, 1.54) is 12.8 Å². The summed E-state index contributed by atoms with van der Waals surface area (Å²) in [7, 11) is 0. The molecule has 0 aliphatic heterocycles. The zero-order chi connectivity index (χ0) is 68.9. The van der Waals surface area contributed by atoms with Crippen molar-refractivity contribution in [3.05, 3.63) is 375 Å². The van der Waals surface area contributed by atoms with E-state index in [1.807, 2.05) is 219 Å². The Kier molecular flexibility index (Phi) is 43.6. The molecule has 0 N–H and O–H groups in total. The quantitative estimate of drug-likeness (QED) is 0.0618. The van der Waals surface area contributed by atoms with Crippen molar-refractivity contribution in [3.63, 3.8) is 0 Å². The molecule has 2 radical (unpaired) electrons. The number of carbonyl (C=O) groups excluding carboxylic acids is 4. The average molecular weight is 1500 g/mol. The SMILES string of the molecule is CC.CC.CCC.CCC.Cc1ccc(C(=O)c2ccc(Oc3ccc(C(C)(C)c4ccc(Oc5ccc(C(=O)c6ccc(C)cc6)cc5)cc4)cc3)cc2)cc1.Cc1ccc(C(=O)c2ccc(Oc3cccc(Oc4ccc(C(=O)c5ccc(C)cc5)cc4)c3)cc2)cc1.[CH3-].[CH3-].[CH3-].[CH3-].[Y].[Y]. The Morgan fingerprint density at radius 3 is 0.584 bits per heavy atom. The van der Waals surface area contributed by atoms with Crippen LogP contribution >= 0.6 is 0 Å². The van der Waals surface area contributed by atoms with Crippen molar-refractivity contribution in [2.45, 2.75) is 115 Å². The molecule has 0 spiro atoms. The molecule has 0 aromatic heterocycles. The third kappa shape index (κ3) is 28.1. The summed E-state index contributed by atoms with van der Waals surface area (Å²) >= 11 is 0. The van der Waals surface area contributed by atoms with Crippen LogP contribution in [0, 0.1) is 57.4 Å². The van der Waals surface area contributed by atoms with Crippen LogP contribution in [0.15, 0.2) is 267 Å². The molecule has 0 bridgehead atoms. The summed E-state index contributed by atoms with van der Waals surface area (Å²) in [6.07, 6.45) is 2.50. The first-order chi connectivity index (χ1) is 45.9. The van der Waals surface area contributed by atoms with E-state index in [1.54, 1.807) is 78.9 Å². The predicted molar refractivity (Wildman–Crippen MR) is 416 cm³/mol. The van der Waals surface area contributed by atoms with E-state index in [2.05, 4.69) is 65.8 Å². The first-order valence-electron chi connectivity index (χ1n) is 32.8. The monoisotopic (exact) mass is 1500 g/mol. The molecule has 0 amide bonds. The minimum absolute atomic E-state index is 0. The van der Waals surface area contributed by atoms with Gasteiger partial charge in [0, 0.05) is 121 Å². The fourth-order valence-corrected chi connectivity index (χ4v) is 9.38. The van der Waals surface area contributed by atoms with Crippen LogP contribution in [0.2, 0.25) is 0 Å². The molecule has 101 heavy (non-hydrogen) atoms. The summed E-state index contributed by atoms with van der Waals surface area (Å²) in [5.41, 5.74) is 11.6. The molecule has 0 aliphatic carbocycles. The first-order valence-corrected chi connectivity index (χ1v) is 32.8. The maximum Gasteiger partial charge on any atom is 0.193 e. The maximum atomic E-state index is 12.8. The minimum atomic E-state index is -0.257. The van der Waals surface area contributed by atoms with Gasteiger partial charge >= 0.3 is 0 Å². The van der Waals surface area contributed by atoms with Crippen LogP contribution in [-0.4, -0.2) is 23.1 Å². The summed E-state index contributed by atoms with van der Waals surface area (Å²) in [4.78, 5) is 51.0. The molecule has 11 aromatic rings.